The number of likely N-dealkylation sites (tertiary alicyclic amines) is 2. The predicted molar refractivity (Wildman–Crippen MR) is 85.9 cm³/mol. The summed E-state index contributed by atoms with van der Waals surface area (Å²) in [5, 5.41) is 3.18. The number of hydrogen-bond acceptors (Lipinski definition) is 5. The van der Waals surface area contributed by atoms with Crippen LogP contribution in [0.2, 0.25) is 0 Å². The van der Waals surface area contributed by atoms with Crippen LogP contribution in [0.1, 0.15) is 25.7 Å². The quantitative estimate of drug-likeness (QED) is 0.665. The van der Waals surface area contributed by atoms with E-state index in [9.17, 15) is 14.4 Å². The van der Waals surface area contributed by atoms with Crippen LogP contribution in [0, 0.1) is 5.41 Å². The normalized spacial score (nSPS) is 27.3. The summed E-state index contributed by atoms with van der Waals surface area (Å²) < 4.78 is 5.55. The number of carbonyl (C=O) groups excluding carboxylic acids is 3. The van der Waals surface area contributed by atoms with Gasteiger partial charge in [0.15, 0.2) is 0 Å². The average molecular weight is 338 g/mol. The molecule has 0 aromatic rings. The highest BCUT2D eigenvalue weighted by Crippen LogP contribution is 2.40. The zero-order valence-corrected chi connectivity index (χ0v) is 14.0. The second-order valence-corrected chi connectivity index (χ2v) is 7.10. The number of nitrogens with two attached hydrogens (primary N) is 1. The highest BCUT2D eigenvalue weighted by atomic mass is 16.5. The summed E-state index contributed by atoms with van der Waals surface area (Å²) in [4.78, 5) is 39.1. The third-order valence-corrected chi connectivity index (χ3v) is 5.43. The van der Waals surface area contributed by atoms with Gasteiger partial charge in [-0.05, 0) is 24.7 Å². The van der Waals surface area contributed by atoms with Gasteiger partial charge in [-0.15, -0.1) is 0 Å². The Morgan fingerprint density at radius 1 is 1.29 bits per heavy atom. The third-order valence-electron chi connectivity index (χ3n) is 5.43. The predicted octanol–water partition coefficient (Wildman–Crippen LogP) is -1.31. The molecule has 3 aliphatic heterocycles. The first-order valence-electron chi connectivity index (χ1n) is 8.66. The summed E-state index contributed by atoms with van der Waals surface area (Å²) in [7, 11) is 0. The van der Waals surface area contributed by atoms with Gasteiger partial charge in [0.25, 0.3) is 5.91 Å². The fourth-order valence-corrected chi connectivity index (χ4v) is 3.97. The number of amides is 3. The van der Waals surface area contributed by atoms with Crippen molar-refractivity contribution in [2.45, 2.75) is 31.8 Å². The molecule has 3 rings (SSSR count). The Balaban J connectivity index is 1.56. The molecule has 3 saturated heterocycles. The SMILES string of the molecule is NC(=O)CN1CC2(CCC1=O)CCN(C(=O)C1CNCCO1)CC2. The van der Waals surface area contributed by atoms with Crippen molar-refractivity contribution >= 4 is 17.7 Å². The number of primary amides is 1. The van der Waals surface area contributed by atoms with Crippen molar-refractivity contribution in [1.29, 1.82) is 0 Å². The van der Waals surface area contributed by atoms with Crippen LogP contribution in [0.3, 0.4) is 0 Å². The van der Waals surface area contributed by atoms with Crippen LogP contribution < -0.4 is 11.1 Å². The molecule has 8 nitrogen and oxygen atoms in total. The molecule has 0 bridgehead atoms. The third kappa shape index (κ3) is 3.70. The van der Waals surface area contributed by atoms with Crippen molar-refractivity contribution < 1.29 is 19.1 Å². The van der Waals surface area contributed by atoms with Crippen LogP contribution in [0.15, 0.2) is 0 Å². The number of morpholine rings is 1. The van der Waals surface area contributed by atoms with Crippen molar-refractivity contribution in [2.24, 2.45) is 11.1 Å². The van der Waals surface area contributed by atoms with Gasteiger partial charge in [0, 0.05) is 39.1 Å². The summed E-state index contributed by atoms with van der Waals surface area (Å²) in [6, 6.07) is 0. The number of ether oxygens (including phenoxy) is 1. The zero-order valence-electron chi connectivity index (χ0n) is 14.0. The fourth-order valence-electron chi connectivity index (χ4n) is 3.97. The molecular formula is C16H26N4O4. The number of piperidine rings is 2. The van der Waals surface area contributed by atoms with Crippen molar-refractivity contribution in [2.75, 3.05) is 45.9 Å². The van der Waals surface area contributed by atoms with Crippen LogP contribution >= 0.6 is 0 Å². The van der Waals surface area contributed by atoms with Gasteiger partial charge in [-0.3, -0.25) is 14.4 Å². The molecule has 134 valence electrons. The van der Waals surface area contributed by atoms with Crippen LogP contribution in [0.5, 0.6) is 0 Å². The maximum absolute atomic E-state index is 12.5. The molecule has 0 saturated carbocycles. The number of rotatable bonds is 3. The van der Waals surface area contributed by atoms with E-state index in [0.29, 0.717) is 39.2 Å². The van der Waals surface area contributed by atoms with E-state index in [-0.39, 0.29) is 29.9 Å². The Hall–Kier alpha value is -1.67. The standard InChI is InChI=1S/C16H26N4O4/c17-13(21)10-20-11-16(2-1-14(20)22)3-6-19(7-4-16)15(23)12-9-18-5-8-24-12/h12,18H,1-11H2,(H2,17,21). The summed E-state index contributed by atoms with van der Waals surface area (Å²) in [6.45, 7) is 3.84. The first-order valence-corrected chi connectivity index (χ1v) is 8.66. The van der Waals surface area contributed by atoms with Gasteiger partial charge in [0.2, 0.25) is 11.8 Å². The van der Waals surface area contributed by atoms with Gasteiger partial charge in [-0.1, -0.05) is 0 Å². The molecule has 0 radical (unpaired) electrons. The molecule has 3 heterocycles. The van der Waals surface area contributed by atoms with E-state index >= 15 is 0 Å². The Morgan fingerprint density at radius 3 is 2.67 bits per heavy atom. The molecule has 3 aliphatic rings. The minimum Gasteiger partial charge on any atom is -0.368 e. The van der Waals surface area contributed by atoms with Crippen molar-refractivity contribution in [1.82, 2.24) is 15.1 Å². The lowest BCUT2D eigenvalue weighted by atomic mass is 9.72. The number of hydrogen-bond donors (Lipinski definition) is 2. The van der Waals surface area contributed by atoms with E-state index in [1.165, 1.54) is 0 Å². The van der Waals surface area contributed by atoms with Crippen molar-refractivity contribution in [3.05, 3.63) is 0 Å². The molecule has 3 fully saturated rings. The largest absolute Gasteiger partial charge is 0.368 e. The van der Waals surface area contributed by atoms with Gasteiger partial charge in [0.05, 0.1) is 13.2 Å². The summed E-state index contributed by atoms with van der Waals surface area (Å²) in [5.74, 6) is -0.424. The highest BCUT2D eigenvalue weighted by molar-refractivity contribution is 5.84. The van der Waals surface area contributed by atoms with Gasteiger partial charge in [0.1, 0.15) is 6.10 Å². The molecule has 8 heteroatoms. The van der Waals surface area contributed by atoms with Crippen molar-refractivity contribution in [3.63, 3.8) is 0 Å². The van der Waals surface area contributed by atoms with Crippen LogP contribution in [0.4, 0.5) is 0 Å². The highest BCUT2D eigenvalue weighted by Gasteiger charge is 2.42. The fraction of sp³-hybridized carbons (Fsp3) is 0.812. The Morgan fingerprint density at radius 2 is 2.04 bits per heavy atom. The first kappa shape index (κ1) is 17.2. The van der Waals surface area contributed by atoms with Gasteiger partial charge >= 0.3 is 0 Å². The second kappa shape index (κ2) is 7.06. The molecule has 1 atom stereocenters. The number of nitrogens with one attached hydrogen (secondary N) is 1. The minimum absolute atomic E-state index is 0.000360. The molecular weight excluding hydrogens is 312 g/mol. The molecule has 24 heavy (non-hydrogen) atoms. The van der Waals surface area contributed by atoms with Crippen molar-refractivity contribution in [3.8, 4) is 0 Å². The van der Waals surface area contributed by atoms with E-state index in [2.05, 4.69) is 5.32 Å². The average Bonchev–Trinajstić information content (AvgIpc) is 2.59. The smallest absolute Gasteiger partial charge is 0.253 e. The maximum Gasteiger partial charge on any atom is 0.253 e. The Bertz CT molecular complexity index is 510. The molecule has 3 amide bonds. The van der Waals surface area contributed by atoms with Crippen LogP contribution in [0.25, 0.3) is 0 Å². The van der Waals surface area contributed by atoms with Crippen LogP contribution in [-0.4, -0.2) is 79.5 Å². The lowest BCUT2D eigenvalue weighted by Crippen LogP contribution is -2.56. The number of carbonyl (C=O) groups is 3. The molecule has 0 aliphatic carbocycles. The van der Waals surface area contributed by atoms with Gasteiger partial charge < -0.3 is 25.6 Å². The Kier molecular flexibility index (Phi) is 5.05. The summed E-state index contributed by atoms with van der Waals surface area (Å²) >= 11 is 0. The first-order chi connectivity index (χ1) is 11.5. The number of nitrogens with zero attached hydrogens (tertiary/aromatic N) is 2. The van der Waals surface area contributed by atoms with E-state index in [1.807, 2.05) is 4.90 Å². The van der Waals surface area contributed by atoms with E-state index in [0.717, 1.165) is 25.8 Å². The second-order valence-electron chi connectivity index (χ2n) is 7.10. The lowest BCUT2D eigenvalue weighted by Gasteiger charge is -2.47. The zero-order chi connectivity index (χ0) is 17.2. The monoisotopic (exact) mass is 338 g/mol. The maximum atomic E-state index is 12.5. The van der Waals surface area contributed by atoms with E-state index < -0.39 is 5.91 Å². The lowest BCUT2D eigenvalue weighted by molar-refractivity contribution is -0.151. The van der Waals surface area contributed by atoms with E-state index in [1.54, 1.807) is 4.90 Å². The molecule has 0 aromatic carbocycles. The molecule has 3 N–H and O–H groups in total. The summed E-state index contributed by atoms with van der Waals surface area (Å²) in [5.41, 5.74) is 5.25. The van der Waals surface area contributed by atoms with Gasteiger partial charge in [-0.25, -0.2) is 0 Å². The van der Waals surface area contributed by atoms with Gasteiger partial charge in [-0.2, -0.15) is 0 Å². The minimum atomic E-state index is -0.477. The molecule has 0 aromatic heterocycles. The molecule has 1 unspecified atom stereocenters. The summed E-state index contributed by atoms with van der Waals surface area (Å²) in [6.07, 6.45) is 2.59. The molecule has 1 spiro atoms. The van der Waals surface area contributed by atoms with Crippen LogP contribution in [-0.2, 0) is 19.1 Å². The van der Waals surface area contributed by atoms with E-state index in [4.69, 9.17) is 10.5 Å². The Labute approximate surface area is 141 Å². The topological polar surface area (TPSA) is 105 Å².